The number of aldehydes is 1. The number of ketones is 1. The number of nitrogens with zero attached hydrogens (tertiary/aromatic N) is 2. The van der Waals surface area contributed by atoms with Crippen molar-refractivity contribution in [1.82, 2.24) is 26.0 Å². The zero-order valence-corrected chi connectivity index (χ0v) is 32.0. The van der Waals surface area contributed by atoms with Gasteiger partial charge in [0.15, 0.2) is 5.78 Å². The van der Waals surface area contributed by atoms with E-state index in [4.69, 9.17) is 17.5 Å². The Hall–Kier alpha value is -5.43. The van der Waals surface area contributed by atoms with Crippen molar-refractivity contribution in [3.8, 4) is 12.3 Å². The number of carbonyl (C=O) groups excluding carboxylic acids is 7. The monoisotopic (exact) mass is 774 g/mol. The highest BCUT2D eigenvalue weighted by Crippen LogP contribution is 2.26. The summed E-state index contributed by atoms with van der Waals surface area (Å²) in [6, 6.07) is 11.8. The van der Waals surface area contributed by atoms with Crippen LogP contribution < -0.4 is 22.0 Å². The zero-order chi connectivity index (χ0) is 41.2. The fraction of sp³-hybridized carbons (Fsp3) is 0.488. The number of amides is 5. The van der Waals surface area contributed by atoms with Gasteiger partial charge in [-0.2, -0.15) is 0 Å². The van der Waals surface area contributed by atoms with Crippen molar-refractivity contribution in [2.24, 2.45) is 17.7 Å². The Labute approximate surface area is 327 Å². The predicted octanol–water partition coefficient (Wildman–Crippen LogP) is 1.82. The lowest BCUT2D eigenvalue weighted by Gasteiger charge is -2.32. The molecule has 0 bridgehead atoms. The second kappa shape index (κ2) is 22.8. The molecule has 5 atom stereocenters. The molecule has 0 aromatic heterocycles. The molecule has 1 fully saturated rings. The van der Waals surface area contributed by atoms with Gasteiger partial charge in [-0.25, -0.2) is 11.3 Å². The van der Waals surface area contributed by atoms with Crippen molar-refractivity contribution in [2.45, 2.75) is 102 Å². The van der Waals surface area contributed by atoms with Gasteiger partial charge in [0.25, 0.3) is 11.8 Å². The standard InChI is InChI=1S/C41H54N6O9/c1-4-5-7-17-35(49)43-22-11-10-15-31(26-48)47(42)41(55)33(25-28-18-20-30(21-19-28)36(50)29-13-8-6-9-14-29)44-38(52)34-16-12-23-46(34)40(54)32(24-27(2)3)37(51)39(53)45-56/h1,6,8-9,13-14,18-21,26-27,31-34,37,51,56H,5,7,10-12,15-17,22-25,42H2,2-3H3,(H,43,49)(H,44,52)(H,45,53). The molecule has 1 saturated heterocycles. The van der Waals surface area contributed by atoms with Crippen LogP contribution >= 0.6 is 0 Å². The molecular formula is C41H54N6O9. The third-order valence-corrected chi connectivity index (χ3v) is 9.69. The summed E-state index contributed by atoms with van der Waals surface area (Å²) in [7, 11) is 0. The maximum Gasteiger partial charge on any atom is 0.272 e. The van der Waals surface area contributed by atoms with E-state index >= 15 is 0 Å². The maximum absolute atomic E-state index is 14.0. The van der Waals surface area contributed by atoms with Gasteiger partial charge in [-0.05, 0) is 56.4 Å². The highest BCUT2D eigenvalue weighted by molar-refractivity contribution is 6.09. The summed E-state index contributed by atoms with van der Waals surface area (Å²) in [6.45, 7) is 4.10. The lowest BCUT2D eigenvalue weighted by atomic mass is 9.90. The number of unbranched alkanes of at least 4 members (excludes halogenated alkanes) is 2. The van der Waals surface area contributed by atoms with Crippen LogP contribution in [0.3, 0.4) is 0 Å². The summed E-state index contributed by atoms with van der Waals surface area (Å²) in [5, 5.41) is 26.0. The van der Waals surface area contributed by atoms with Crippen molar-refractivity contribution in [3.63, 3.8) is 0 Å². The molecule has 1 heterocycles. The fourth-order valence-corrected chi connectivity index (χ4v) is 6.65. The summed E-state index contributed by atoms with van der Waals surface area (Å²) in [5.74, 6) is 3.79. The van der Waals surface area contributed by atoms with Crippen LogP contribution in [0.4, 0.5) is 0 Å². The Morgan fingerprint density at radius 1 is 1.02 bits per heavy atom. The summed E-state index contributed by atoms with van der Waals surface area (Å²) in [5.41, 5.74) is 2.85. The van der Waals surface area contributed by atoms with E-state index in [9.17, 15) is 38.7 Å². The van der Waals surface area contributed by atoms with E-state index in [-0.39, 0.29) is 49.8 Å². The molecule has 2 aromatic carbocycles. The van der Waals surface area contributed by atoms with Gasteiger partial charge >= 0.3 is 0 Å². The first-order chi connectivity index (χ1) is 26.8. The molecule has 56 heavy (non-hydrogen) atoms. The van der Waals surface area contributed by atoms with Gasteiger partial charge < -0.3 is 25.4 Å². The van der Waals surface area contributed by atoms with E-state index in [0.717, 1.165) is 5.01 Å². The van der Waals surface area contributed by atoms with Crippen LogP contribution in [0.15, 0.2) is 54.6 Å². The minimum Gasteiger partial charge on any atom is -0.382 e. The third kappa shape index (κ3) is 13.1. The van der Waals surface area contributed by atoms with E-state index in [1.165, 1.54) is 10.4 Å². The van der Waals surface area contributed by atoms with Crippen LogP contribution in [0.1, 0.15) is 93.1 Å². The van der Waals surface area contributed by atoms with Gasteiger partial charge in [0.05, 0.1) is 5.92 Å². The van der Waals surface area contributed by atoms with Crippen LogP contribution in [-0.4, -0.2) is 99.1 Å². The number of nitrogens with one attached hydrogen (secondary N) is 3. The summed E-state index contributed by atoms with van der Waals surface area (Å²) in [4.78, 5) is 92.3. The molecule has 2 aromatic rings. The van der Waals surface area contributed by atoms with Gasteiger partial charge in [-0.1, -0.05) is 68.4 Å². The molecule has 1 aliphatic heterocycles. The average molecular weight is 775 g/mol. The van der Waals surface area contributed by atoms with E-state index in [1.807, 2.05) is 0 Å². The maximum atomic E-state index is 14.0. The average Bonchev–Trinajstić information content (AvgIpc) is 3.70. The van der Waals surface area contributed by atoms with Crippen molar-refractivity contribution in [3.05, 3.63) is 71.3 Å². The number of hydroxylamine groups is 1. The summed E-state index contributed by atoms with van der Waals surface area (Å²) >= 11 is 0. The van der Waals surface area contributed by atoms with Gasteiger partial charge in [-0.15, -0.1) is 12.3 Å². The number of rotatable bonds is 22. The van der Waals surface area contributed by atoms with Gasteiger partial charge in [0.2, 0.25) is 17.7 Å². The van der Waals surface area contributed by atoms with Crippen molar-refractivity contribution in [2.75, 3.05) is 13.1 Å². The molecule has 7 N–H and O–H groups in total. The molecule has 0 radical (unpaired) electrons. The number of nitrogens with two attached hydrogens (primary N) is 1. The molecule has 0 aliphatic carbocycles. The lowest BCUT2D eigenvalue weighted by Crippen LogP contribution is -2.59. The molecule has 0 spiro atoms. The molecule has 5 unspecified atom stereocenters. The zero-order valence-electron chi connectivity index (χ0n) is 32.0. The van der Waals surface area contributed by atoms with Gasteiger partial charge in [-0.3, -0.25) is 39.0 Å². The largest absolute Gasteiger partial charge is 0.382 e. The second-order valence-electron chi connectivity index (χ2n) is 14.4. The van der Waals surface area contributed by atoms with Crippen LogP contribution in [0.25, 0.3) is 0 Å². The highest BCUT2D eigenvalue weighted by atomic mass is 16.5. The first-order valence-electron chi connectivity index (χ1n) is 19.0. The molecule has 15 nitrogen and oxygen atoms in total. The smallest absolute Gasteiger partial charge is 0.272 e. The van der Waals surface area contributed by atoms with Gasteiger partial charge in [0.1, 0.15) is 30.5 Å². The topological polar surface area (TPSA) is 229 Å². The summed E-state index contributed by atoms with van der Waals surface area (Å²) in [6.07, 6.45) is 7.09. The molecule has 1 aliphatic rings. The lowest BCUT2D eigenvalue weighted by molar-refractivity contribution is -0.153. The molecular weight excluding hydrogens is 720 g/mol. The Kier molecular flexibility index (Phi) is 18.3. The minimum absolute atomic E-state index is 0.0820. The van der Waals surface area contributed by atoms with E-state index < -0.39 is 53.8 Å². The van der Waals surface area contributed by atoms with E-state index in [1.54, 1.807) is 68.4 Å². The number of aliphatic hydroxyl groups excluding tert-OH is 1. The molecule has 5 amide bonds. The van der Waals surface area contributed by atoms with Crippen LogP contribution in [0.5, 0.6) is 0 Å². The predicted molar refractivity (Wildman–Crippen MR) is 206 cm³/mol. The molecule has 0 saturated carbocycles. The van der Waals surface area contributed by atoms with Gasteiger partial charge in [0, 0.05) is 43.5 Å². The number of hydrazine groups is 1. The third-order valence-electron chi connectivity index (χ3n) is 9.69. The number of benzene rings is 2. The number of hydrogen-bond acceptors (Lipinski definition) is 10. The Morgan fingerprint density at radius 2 is 1.70 bits per heavy atom. The fourth-order valence-electron chi connectivity index (χ4n) is 6.65. The number of likely N-dealkylation sites (tertiary alicyclic amines) is 1. The van der Waals surface area contributed by atoms with Crippen molar-refractivity contribution < 1.29 is 43.9 Å². The van der Waals surface area contributed by atoms with Crippen LogP contribution in [0.2, 0.25) is 0 Å². The normalized spacial score (nSPS) is 15.8. The Bertz CT molecular complexity index is 1700. The number of hydrogen-bond donors (Lipinski definition) is 6. The van der Waals surface area contributed by atoms with Crippen molar-refractivity contribution >= 4 is 41.6 Å². The molecule has 15 heteroatoms. The van der Waals surface area contributed by atoms with Crippen molar-refractivity contribution in [1.29, 1.82) is 0 Å². The SMILES string of the molecule is C#CCCCC(=O)NCCCCC(C=O)N(N)C(=O)C(Cc1ccc(C(=O)c2ccccc2)cc1)NC(=O)C1CCCN1C(=O)C(CC(C)C)C(O)C(=O)NO. The quantitative estimate of drug-likeness (QED) is 0.0149. The Morgan fingerprint density at radius 3 is 2.32 bits per heavy atom. The highest BCUT2D eigenvalue weighted by Gasteiger charge is 2.42. The number of aliphatic hydroxyl groups is 1. The van der Waals surface area contributed by atoms with Crippen LogP contribution in [-0.2, 0) is 35.2 Å². The Balaban J connectivity index is 1.80. The summed E-state index contributed by atoms with van der Waals surface area (Å²) < 4.78 is 0. The van der Waals surface area contributed by atoms with E-state index in [2.05, 4.69) is 16.6 Å². The second-order valence-corrected chi connectivity index (χ2v) is 14.4. The number of carbonyl (C=O) groups is 7. The molecule has 302 valence electrons. The first-order valence-corrected chi connectivity index (χ1v) is 19.0. The van der Waals surface area contributed by atoms with Crippen LogP contribution in [0, 0.1) is 24.2 Å². The van der Waals surface area contributed by atoms with E-state index in [0.29, 0.717) is 68.0 Å². The first kappa shape index (κ1) is 45.0. The molecule has 3 rings (SSSR count). The number of terminal acetylenes is 1. The minimum atomic E-state index is -1.87.